The van der Waals surface area contributed by atoms with Crippen molar-refractivity contribution in [1.29, 1.82) is 0 Å². The number of carbonyl (C=O) groups is 1. The first-order valence-corrected chi connectivity index (χ1v) is 6.35. The number of aromatic nitrogens is 1. The molecule has 17 heavy (non-hydrogen) atoms. The molecule has 4 heteroatoms. The van der Waals surface area contributed by atoms with Crippen molar-refractivity contribution in [1.82, 2.24) is 9.88 Å². The maximum absolute atomic E-state index is 12.5. The Labute approximate surface area is 101 Å². The summed E-state index contributed by atoms with van der Waals surface area (Å²) >= 11 is 0. The molecule has 0 bridgehead atoms. The summed E-state index contributed by atoms with van der Waals surface area (Å²) < 4.78 is 5.60. The fourth-order valence-electron chi connectivity index (χ4n) is 3.11. The van der Waals surface area contributed by atoms with Crippen LogP contribution in [0.3, 0.4) is 0 Å². The van der Waals surface area contributed by atoms with E-state index in [0.717, 1.165) is 19.4 Å². The van der Waals surface area contributed by atoms with Crippen molar-refractivity contribution in [2.45, 2.75) is 31.2 Å². The smallest absolute Gasteiger partial charge is 0.270 e. The second kappa shape index (κ2) is 4.18. The van der Waals surface area contributed by atoms with E-state index in [1.54, 1.807) is 6.20 Å². The van der Waals surface area contributed by atoms with Crippen LogP contribution in [-0.4, -0.2) is 41.1 Å². The lowest BCUT2D eigenvalue weighted by Crippen LogP contribution is -2.57. The Hall–Kier alpha value is -1.29. The van der Waals surface area contributed by atoms with Crippen LogP contribution >= 0.6 is 0 Å². The molecule has 4 nitrogen and oxygen atoms in total. The molecule has 1 N–H and O–H groups in total. The number of amides is 1. The largest absolute Gasteiger partial charge is 0.377 e. The molecule has 1 saturated carbocycles. The lowest BCUT2D eigenvalue weighted by molar-refractivity contribution is -0.0504. The first kappa shape index (κ1) is 10.8. The Morgan fingerprint density at radius 2 is 2.24 bits per heavy atom. The van der Waals surface area contributed by atoms with Crippen molar-refractivity contribution in [3.05, 3.63) is 24.0 Å². The van der Waals surface area contributed by atoms with Crippen LogP contribution in [0, 0.1) is 0 Å². The lowest BCUT2D eigenvalue weighted by atomic mass is 9.94. The standard InChI is InChI=1S/C13H18N2O2/c16-12(11-4-3-7-14-11)15-8-9-17-10-13(15)5-1-2-6-13/h3-4,7,14H,1-2,5-6,8-10H2. The van der Waals surface area contributed by atoms with Gasteiger partial charge in [-0.25, -0.2) is 0 Å². The molecule has 92 valence electrons. The Balaban J connectivity index is 1.86. The second-order valence-corrected chi connectivity index (χ2v) is 5.02. The van der Waals surface area contributed by atoms with Gasteiger partial charge in [-0.1, -0.05) is 12.8 Å². The number of carbonyl (C=O) groups excluding carboxylic acids is 1. The minimum atomic E-state index is -0.0273. The van der Waals surface area contributed by atoms with E-state index in [2.05, 4.69) is 4.98 Å². The number of morpholine rings is 1. The highest BCUT2D eigenvalue weighted by Crippen LogP contribution is 2.37. The van der Waals surface area contributed by atoms with E-state index in [4.69, 9.17) is 4.74 Å². The van der Waals surface area contributed by atoms with Crippen molar-refractivity contribution >= 4 is 5.91 Å². The molecule has 1 aromatic heterocycles. The van der Waals surface area contributed by atoms with Gasteiger partial charge in [0.2, 0.25) is 0 Å². The molecule has 2 aliphatic rings. The maximum atomic E-state index is 12.5. The third kappa shape index (κ3) is 1.76. The lowest BCUT2D eigenvalue weighted by Gasteiger charge is -2.44. The first-order chi connectivity index (χ1) is 8.32. The van der Waals surface area contributed by atoms with E-state index >= 15 is 0 Å². The fraction of sp³-hybridized carbons (Fsp3) is 0.615. The molecule has 1 aliphatic carbocycles. The molecule has 0 radical (unpaired) electrons. The third-order valence-electron chi connectivity index (χ3n) is 4.01. The molecule has 0 unspecified atom stereocenters. The van der Waals surface area contributed by atoms with E-state index in [0.29, 0.717) is 18.9 Å². The van der Waals surface area contributed by atoms with E-state index in [-0.39, 0.29) is 11.4 Å². The molecule has 1 spiro atoms. The van der Waals surface area contributed by atoms with Crippen LogP contribution in [0.5, 0.6) is 0 Å². The second-order valence-electron chi connectivity index (χ2n) is 5.02. The number of aromatic amines is 1. The molecule has 2 heterocycles. The number of H-pyrrole nitrogens is 1. The number of nitrogens with one attached hydrogen (secondary N) is 1. The normalized spacial score (nSPS) is 23.2. The zero-order chi connectivity index (χ0) is 11.7. The van der Waals surface area contributed by atoms with Crippen LogP contribution in [0.15, 0.2) is 18.3 Å². The highest BCUT2D eigenvalue weighted by atomic mass is 16.5. The van der Waals surface area contributed by atoms with Gasteiger partial charge in [0.1, 0.15) is 5.69 Å². The molecule has 2 fully saturated rings. The van der Waals surface area contributed by atoms with Gasteiger partial charge in [0, 0.05) is 12.7 Å². The number of ether oxygens (including phenoxy) is 1. The first-order valence-electron chi connectivity index (χ1n) is 6.35. The Bertz CT molecular complexity index is 394. The summed E-state index contributed by atoms with van der Waals surface area (Å²) in [4.78, 5) is 17.5. The van der Waals surface area contributed by atoms with E-state index in [9.17, 15) is 4.79 Å². The molecule has 0 aromatic carbocycles. The minimum Gasteiger partial charge on any atom is -0.377 e. The molecule has 1 aliphatic heterocycles. The third-order valence-corrected chi connectivity index (χ3v) is 4.01. The van der Waals surface area contributed by atoms with Gasteiger partial charge in [0.25, 0.3) is 5.91 Å². The van der Waals surface area contributed by atoms with Gasteiger partial charge in [0.15, 0.2) is 0 Å². The number of nitrogens with zero attached hydrogens (tertiary/aromatic N) is 1. The van der Waals surface area contributed by atoms with E-state index in [1.807, 2.05) is 17.0 Å². The van der Waals surface area contributed by atoms with Crippen LogP contribution in [0.1, 0.15) is 36.2 Å². The molecular formula is C13H18N2O2. The summed E-state index contributed by atoms with van der Waals surface area (Å²) in [6.07, 6.45) is 6.38. The van der Waals surface area contributed by atoms with Gasteiger partial charge in [-0.2, -0.15) is 0 Å². The summed E-state index contributed by atoms with van der Waals surface area (Å²) in [5.41, 5.74) is 0.665. The van der Waals surface area contributed by atoms with Gasteiger partial charge in [-0.05, 0) is 25.0 Å². The zero-order valence-electron chi connectivity index (χ0n) is 9.95. The highest BCUT2D eigenvalue weighted by molar-refractivity contribution is 5.93. The monoisotopic (exact) mass is 234 g/mol. The molecule has 1 amide bonds. The van der Waals surface area contributed by atoms with Gasteiger partial charge in [-0.3, -0.25) is 4.79 Å². The molecule has 1 saturated heterocycles. The Morgan fingerprint density at radius 1 is 1.41 bits per heavy atom. The quantitative estimate of drug-likeness (QED) is 0.805. The van der Waals surface area contributed by atoms with Crippen molar-refractivity contribution in [3.63, 3.8) is 0 Å². The fourth-order valence-corrected chi connectivity index (χ4v) is 3.11. The van der Waals surface area contributed by atoms with Gasteiger partial charge in [0.05, 0.1) is 18.8 Å². The topological polar surface area (TPSA) is 45.3 Å². The zero-order valence-corrected chi connectivity index (χ0v) is 9.95. The highest BCUT2D eigenvalue weighted by Gasteiger charge is 2.44. The van der Waals surface area contributed by atoms with Crippen molar-refractivity contribution in [2.24, 2.45) is 0 Å². The average molecular weight is 234 g/mol. The summed E-state index contributed by atoms with van der Waals surface area (Å²) in [6.45, 7) is 2.09. The Kier molecular flexibility index (Phi) is 2.67. The van der Waals surface area contributed by atoms with E-state index in [1.165, 1.54) is 12.8 Å². The predicted octanol–water partition coefficient (Wildman–Crippen LogP) is 1.80. The molecular weight excluding hydrogens is 216 g/mol. The average Bonchev–Trinajstić information content (AvgIpc) is 3.00. The van der Waals surface area contributed by atoms with Gasteiger partial charge < -0.3 is 14.6 Å². The SMILES string of the molecule is O=C(c1ccc[nH]1)N1CCOCC12CCCC2. The van der Waals surface area contributed by atoms with Crippen molar-refractivity contribution in [2.75, 3.05) is 19.8 Å². The summed E-state index contributed by atoms with van der Waals surface area (Å²) in [5, 5.41) is 0. The van der Waals surface area contributed by atoms with Crippen LogP contribution in [0.2, 0.25) is 0 Å². The van der Waals surface area contributed by atoms with Crippen molar-refractivity contribution < 1.29 is 9.53 Å². The predicted molar refractivity (Wildman–Crippen MR) is 63.8 cm³/mol. The van der Waals surface area contributed by atoms with Crippen LogP contribution in [-0.2, 0) is 4.74 Å². The molecule has 0 atom stereocenters. The number of rotatable bonds is 1. The summed E-state index contributed by atoms with van der Waals surface area (Å²) in [5.74, 6) is 0.125. The van der Waals surface area contributed by atoms with Gasteiger partial charge >= 0.3 is 0 Å². The summed E-state index contributed by atoms with van der Waals surface area (Å²) in [7, 11) is 0. The maximum Gasteiger partial charge on any atom is 0.270 e. The van der Waals surface area contributed by atoms with Gasteiger partial charge in [-0.15, -0.1) is 0 Å². The molecule has 3 rings (SSSR count). The van der Waals surface area contributed by atoms with Crippen molar-refractivity contribution in [3.8, 4) is 0 Å². The van der Waals surface area contributed by atoms with E-state index < -0.39 is 0 Å². The number of hydrogen-bond donors (Lipinski definition) is 1. The van der Waals surface area contributed by atoms with Crippen LogP contribution in [0.4, 0.5) is 0 Å². The Morgan fingerprint density at radius 3 is 2.94 bits per heavy atom. The minimum absolute atomic E-state index is 0.0273. The van der Waals surface area contributed by atoms with Crippen LogP contribution < -0.4 is 0 Å². The molecule has 1 aromatic rings. The van der Waals surface area contributed by atoms with Crippen LogP contribution in [0.25, 0.3) is 0 Å². The summed E-state index contributed by atoms with van der Waals surface area (Å²) in [6, 6.07) is 3.72. The number of hydrogen-bond acceptors (Lipinski definition) is 2.